The first kappa shape index (κ1) is 18.1. The van der Waals surface area contributed by atoms with Gasteiger partial charge >= 0.3 is 0 Å². The molecule has 0 aliphatic heterocycles. The molecule has 0 bridgehead atoms. The van der Waals surface area contributed by atoms with E-state index in [4.69, 9.17) is 22.2 Å². The van der Waals surface area contributed by atoms with Crippen LogP contribution >= 0.6 is 23.4 Å². The van der Waals surface area contributed by atoms with Gasteiger partial charge in [-0.25, -0.2) is 4.68 Å². The number of aromatic nitrogens is 3. The summed E-state index contributed by atoms with van der Waals surface area (Å²) in [4.78, 5) is 12.1. The first-order chi connectivity index (χ1) is 12.6. The molecular formula is C17H16ClN5O2S. The molecule has 0 spiro atoms. The predicted molar refractivity (Wildman–Crippen MR) is 103 cm³/mol. The summed E-state index contributed by atoms with van der Waals surface area (Å²) in [6.07, 6.45) is 0. The van der Waals surface area contributed by atoms with E-state index in [9.17, 15) is 4.79 Å². The van der Waals surface area contributed by atoms with E-state index in [1.807, 2.05) is 24.3 Å². The van der Waals surface area contributed by atoms with Gasteiger partial charge < -0.3 is 15.9 Å². The van der Waals surface area contributed by atoms with Gasteiger partial charge in [0, 0.05) is 16.3 Å². The lowest BCUT2D eigenvalue weighted by Gasteiger charge is -2.06. The van der Waals surface area contributed by atoms with Crippen molar-refractivity contribution in [2.45, 2.75) is 5.16 Å². The number of nitrogens with two attached hydrogens (primary N) is 1. The third kappa shape index (κ3) is 4.27. The molecule has 3 N–H and O–H groups in total. The summed E-state index contributed by atoms with van der Waals surface area (Å²) in [7, 11) is 1.59. The van der Waals surface area contributed by atoms with Crippen LogP contribution in [-0.2, 0) is 4.79 Å². The van der Waals surface area contributed by atoms with Crippen molar-refractivity contribution in [3.8, 4) is 17.1 Å². The van der Waals surface area contributed by atoms with Crippen LogP contribution in [0.1, 0.15) is 0 Å². The first-order valence-electron chi connectivity index (χ1n) is 7.60. The molecule has 0 fully saturated rings. The second-order valence-corrected chi connectivity index (χ2v) is 6.63. The van der Waals surface area contributed by atoms with Crippen LogP contribution in [0.4, 0.5) is 5.69 Å². The maximum atomic E-state index is 12.1. The number of carbonyl (C=O) groups is 1. The van der Waals surface area contributed by atoms with Crippen molar-refractivity contribution in [3.05, 3.63) is 53.6 Å². The molecule has 0 atom stereocenters. The van der Waals surface area contributed by atoms with E-state index in [-0.39, 0.29) is 11.7 Å². The van der Waals surface area contributed by atoms with Crippen LogP contribution in [0.25, 0.3) is 11.4 Å². The zero-order chi connectivity index (χ0) is 18.5. The Morgan fingerprint density at radius 1 is 1.27 bits per heavy atom. The van der Waals surface area contributed by atoms with E-state index in [0.717, 1.165) is 5.56 Å². The highest BCUT2D eigenvalue weighted by Gasteiger charge is 2.14. The number of ether oxygens (including phenoxy) is 1. The van der Waals surface area contributed by atoms with Crippen molar-refractivity contribution in [2.24, 2.45) is 0 Å². The minimum atomic E-state index is -0.178. The standard InChI is InChI=1S/C17H16ClN5O2S/c1-25-14-4-2-3-11(9-14)16-21-22-17(23(16)19)26-10-15(24)20-13-7-5-12(18)6-8-13/h2-9H,10,19H2,1H3,(H,20,24). The fourth-order valence-corrected chi connectivity index (χ4v) is 2.98. The minimum Gasteiger partial charge on any atom is -0.497 e. The molecule has 0 saturated carbocycles. The highest BCUT2D eigenvalue weighted by Crippen LogP contribution is 2.24. The van der Waals surface area contributed by atoms with E-state index >= 15 is 0 Å². The summed E-state index contributed by atoms with van der Waals surface area (Å²) >= 11 is 7.02. The molecule has 2 aromatic carbocycles. The van der Waals surface area contributed by atoms with Gasteiger partial charge in [-0.05, 0) is 36.4 Å². The number of hydrogen-bond donors (Lipinski definition) is 2. The Bertz CT molecular complexity index is 914. The third-order valence-electron chi connectivity index (χ3n) is 3.45. The van der Waals surface area contributed by atoms with Crippen LogP contribution in [0.5, 0.6) is 5.75 Å². The lowest BCUT2D eigenvalue weighted by molar-refractivity contribution is -0.113. The molecule has 134 valence electrons. The second kappa shape index (κ2) is 8.11. The lowest BCUT2D eigenvalue weighted by Crippen LogP contribution is -2.16. The van der Waals surface area contributed by atoms with Crippen LogP contribution in [0.3, 0.4) is 0 Å². The molecule has 0 aliphatic carbocycles. The number of nitrogens with one attached hydrogen (secondary N) is 1. The number of thioether (sulfide) groups is 1. The van der Waals surface area contributed by atoms with Crippen molar-refractivity contribution < 1.29 is 9.53 Å². The molecular weight excluding hydrogens is 374 g/mol. The molecule has 26 heavy (non-hydrogen) atoms. The van der Waals surface area contributed by atoms with Crippen molar-refractivity contribution in [1.82, 2.24) is 14.9 Å². The summed E-state index contributed by atoms with van der Waals surface area (Å²) in [6.45, 7) is 0. The summed E-state index contributed by atoms with van der Waals surface area (Å²) < 4.78 is 6.56. The van der Waals surface area contributed by atoms with Gasteiger partial charge in [0.1, 0.15) is 5.75 Å². The van der Waals surface area contributed by atoms with Crippen molar-refractivity contribution in [2.75, 3.05) is 24.0 Å². The van der Waals surface area contributed by atoms with Crippen molar-refractivity contribution >= 4 is 35.0 Å². The van der Waals surface area contributed by atoms with Crippen LogP contribution in [-0.4, -0.2) is 33.6 Å². The van der Waals surface area contributed by atoms with Crippen molar-refractivity contribution in [3.63, 3.8) is 0 Å². The third-order valence-corrected chi connectivity index (χ3v) is 4.65. The van der Waals surface area contributed by atoms with E-state index < -0.39 is 0 Å². The van der Waals surface area contributed by atoms with Crippen LogP contribution in [0.2, 0.25) is 5.02 Å². The average molecular weight is 390 g/mol. The van der Waals surface area contributed by atoms with E-state index in [1.54, 1.807) is 31.4 Å². The molecule has 1 aromatic heterocycles. The highest BCUT2D eigenvalue weighted by atomic mass is 35.5. The Morgan fingerprint density at radius 2 is 2.04 bits per heavy atom. The fraction of sp³-hybridized carbons (Fsp3) is 0.118. The minimum absolute atomic E-state index is 0.149. The van der Waals surface area contributed by atoms with Gasteiger partial charge in [-0.2, -0.15) is 0 Å². The highest BCUT2D eigenvalue weighted by molar-refractivity contribution is 7.99. The quantitative estimate of drug-likeness (QED) is 0.497. The topological polar surface area (TPSA) is 95.1 Å². The number of anilines is 1. The van der Waals surface area contributed by atoms with Crippen molar-refractivity contribution in [1.29, 1.82) is 0 Å². The van der Waals surface area contributed by atoms with Crippen LogP contribution < -0.4 is 15.9 Å². The molecule has 7 nitrogen and oxygen atoms in total. The normalized spacial score (nSPS) is 10.5. The average Bonchev–Trinajstić information content (AvgIpc) is 3.02. The molecule has 1 heterocycles. The number of methoxy groups -OCH3 is 1. The summed E-state index contributed by atoms with van der Waals surface area (Å²) in [5, 5.41) is 12.0. The Kier molecular flexibility index (Phi) is 5.65. The fourth-order valence-electron chi connectivity index (χ4n) is 2.19. The van der Waals surface area contributed by atoms with Gasteiger partial charge in [0.25, 0.3) is 0 Å². The summed E-state index contributed by atoms with van der Waals surface area (Å²) in [5.41, 5.74) is 1.45. The summed E-state index contributed by atoms with van der Waals surface area (Å²) in [5.74, 6) is 7.22. The van der Waals surface area contributed by atoms with E-state index in [1.165, 1.54) is 16.4 Å². The summed E-state index contributed by atoms with van der Waals surface area (Å²) in [6, 6.07) is 14.2. The maximum absolute atomic E-state index is 12.1. The molecule has 0 aliphatic rings. The van der Waals surface area contributed by atoms with E-state index in [0.29, 0.717) is 27.4 Å². The molecule has 0 unspecified atom stereocenters. The molecule has 0 saturated heterocycles. The van der Waals surface area contributed by atoms with Gasteiger partial charge in [0.15, 0.2) is 5.82 Å². The molecule has 3 rings (SSSR count). The molecule has 1 amide bonds. The van der Waals surface area contributed by atoms with Gasteiger partial charge in [0.05, 0.1) is 12.9 Å². The Balaban J connectivity index is 1.64. The molecule has 0 radical (unpaired) electrons. The maximum Gasteiger partial charge on any atom is 0.234 e. The predicted octanol–water partition coefficient (Wildman–Crippen LogP) is 3.05. The monoisotopic (exact) mass is 389 g/mol. The molecule has 3 aromatic rings. The number of hydrogen-bond acceptors (Lipinski definition) is 6. The number of nitrogen functional groups attached to an aromatic ring is 1. The number of benzene rings is 2. The number of amides is 1. The zero-order valence-electron chi connectivity index (χ0n) is 13.8. The van der Waals surface area contributed by atoms with Gasteiger partial charge in [-0.3, -0.25) is 4.79 Å². The zero-order valence-corrected chi connectivity index (χ0v) is 15.4. The van der Waals surface area contributed by atoms with Gasteiger partial charge in [0.2, 0.25) is 11.1 Å². The van der Waals surface area contributed by atoms with Gasteiger partial charge in [-0.15, -0.1) is 10.2 Å². The second-order valence-electron chi connectivity index (χ2n) is 5.25. The van der Waals surface area contributed by atoms with Gasteiger partial charge in [-0.1, -0.05) is 35.5 Å². The van der Waals surface area contributed by atoms with Crippen LogP contribution in [0, 0.1) is 0 Å². The number of nitrogens with zero attached hydrogens (tertiary/aromatic N) is 3. The lowest BCUT2D eigenvalue weighted by atomic mass is 10.2. The SMILES string of the molecule is COc1cccc(-c2nnc(SCC(=O)Nc3ccc(Cl)cc3)n2N)c1. The largest absolute Gasteiger partial charge is 0.497 e. The number of halogens is 1. The Morgan fingerprint density at radius 3 is 2.77 bits per heavy atom. The Hall–Kier alpha value is -2.71. The number of rotatable bonds is 6. The van der Waals surface area contributed by atoms with E-state index in [2.05, 4.69) is 15.5 Å². The molecule has 9 heteroatoms. The first-order valence-corrected chi connectivity index (χ1v) is 8.96. The van der Waals surface area contributed by atoms with Crippen LogP contribution in [0.15, 0.2) is 53.7 Å². The smallest absolute Gasteiger partial charge is 0.234 e. The number of carbonyl (C=O) groups excluding carboxylic acids is 1. The Labute approximate surface area is 159 Å².